The van der Waals surface area contributed by atoms with Gasteiger partial charge in [0.15, 0.2) is 0 Å². The van der Waals surface area contributed by atoms with Crippen LogP contribution in [0.2, 0.25) is 0 Å². The van der Waals surface area contributed by atoms with E-state index in [-0.39, 0.29) is 10.3 Å². The van der Waals surface area contributed by atoms with Gasteiger partial charge in [-0.05, 0) is 17.9 Å². The van der Waals surface area contributed by atoms with Gasteiger partial charge in [-0.3, -0.25) is 0 Å². The zero-order chi connectivity index (χ0) is 13.1. The molecule has 0 fully saturated rings. The smallest absolute Gasteiger partial charge is 0.242 e. The van der Waals surface area contributed by atoms with Crippen LogP contribution in [-0.2, 0) is 16.6 Å². The maximum atomic E-state index is 11.9. The minimum atomic E-state index is -3.41. The van der Waals surface area contributed by atoms with Crippen LogP contribution < -0.4 is 10.5 Å². The van der Waals surface area contributed by atoms with Gasteiger partial charge >= 0.3 is 0 Å². The molecule has 0 saturated heterocycles. The van der Waals surface area contributed by atoms with Gasteiger partial charge in [-0.15, -0.1) is 0 Å². The first kappa shape index (κ1) is 14.2. The highest BCUT2D eigenvalue weighted by Gasteiger charge is 2.17. The van der Waals surface area contributed by atoms with Gasteiger partial charge in [0.05, 0.1) is 4.90 Å². The Balaban J connectivity index is 2.63. The van der Waals surface area contributed by atoms with E-state index >= 15 is 0 Å². The lowest BCUT2D eigenvalue weighted by Crippen LogP contribution is -2.27. The summed E-state index contributed by atoms with van der Waals surface area (Å²) in [5.74, 6) is 0. The second-order valence-corrected chi connectivity index (χ2v) is 7.04. The predicted molar refractivity (Wildman–Crippen MR) is 67.9 cm³/mol. The summed E-state index contributed by atoms with van der Waals surface area (Å²) in [7, 11) is -3.41. The minimum Gasteiger partial charge on any atom is -0.363 e. The molecule has 1 aromatic heterocycles. The van der Waals surface area contributed by atoms with Gasteiger partial charge in [0.25, 0.3) is 0 Å². The number of H-pyrrole nitrogens is 1. The zero-order valence-corrected chi connectivity index (χ0v) is 11.4. The molecule has 98 valence electrons. The third kappa shape index (κ3) is 4.49. The van der Waals surface area contributed by atoms with Gasteiger partial charge in [0.1, 0.15) is 0 Å². The lowest BCUT2D eigenvalue weighted by Gasteiger charge is -2.17. The molecule has 0 spiro atoms. The summed E-state index contributed by atoms with van der Waals surface area (Å²) < 4.78 is 26.3. The summed E-state index contributed by atoms with van der Waals surface area (Å²) >= 11 is 0. The van der Waals surface area contributed by atoms with Crippen molar-refractivity contribution in [2.45, 2.75) is 38.6 Å². The number of nitrogens with two attached hydrogens (primary N) is 1. The molecule has 5 nitrogen and oxygen atoms in total. The number of rotatable bonds is 5. The summed E-state index contributed by atoms with van der Waals surface area (Å²) in [4.78, 5) is 3.07. The molecule has 0 saturated carbocycles. The fourth-order valence-corrected chi connectivity index (χ4v) is 2.38. The van der Waals surface area contributed by atoms with Crippen molar-refractivity contribution >= 4 is 10.0 Å². The zero-order valence-electron chi connectivity index (χ0n) is 10.6. The molecule has 0 bridgehead atoms. The van der Waals surface area contributed by atoms with Gasteiger partial charge in [-0.2, -0.15) is 0 Å². The molecular weight excluding hydrogens is 238 g/mol. The molecule has 0 radical (unpaired) electrons. The van der Waals surface area contributed by atoms with Gasteiger partial charge in [0, 0.05) is 25.0 Å². The van der Waals surface area contributed by atoms with Gasteiger partial charge in [-0.1, -0.05) is 20.8 Å². The van der Waals surface area contributed by atoms with Crippen molar-refractivity contribution in [3.05, 3.63) is 18.0 Å². The first-order chi connectivity index (χ1) is 7.74. The van der Waals surface area contributed by atoms with Crippen molar-refractivity contribution in [2.24, 2.45) is 11.1 Å². The molecule has 1 heterocycles. The van der Waals surface area contributed by atoms with Crippen molar-refractivity contribution in [1.29, 1.82) is 0 Å². The van der Waals surface area contributed by atoms with Gasteiger partial charge < -0.3 is 10.7 Å². The summed E-state index contributed by atoms with van der Waals surface area (Å²) in [5, 5.41) is 0. The predicted octanol–water partition coefficient (Wildman–Crippen LogP) is 1.19. The molecule has 4 N–H and O–H groups in total. The molecule has 0 aliphatic heterocycles. The van der Waals surface area contributed by atoms with Crippen molar-refractivity contribution in [3.8, 4) is 0 Å². The maximum Gasteiger partial charge on any atom is 0.242 e. The quantitative estimate of drug-likeness (QED) is 0.742. The topological polar surface area (TPSA) is 88.0 Å². The molecule has 0 unspecified atom stereocenters. The van der Waals surface area contributed by atoms with Gasteiger partial charge in [-0.25, -0.2) is 13.1 Å². The van der Waals surface area contributed by atoms with Crippen LogP contribution in [0.3, 0.4) is 0 Å². The third-order valence-electron chi connectivity index (χ3n) is 2.41. The average Bonchev–Trinajstić information content (AvgIpc) is 2.63. The largest absolute Gasteiger partial charge is 0.363 e. The summed E-state index contributed by atoms with van der Waals surface area (Å²) in [6.45, 7) is 6.96. The fourth-order valence-electron chi connectivity index (χ4n) is 1.34. The Hall–Kier alpha value is -0.850. The lowest BCUT2D eigenvalue weighted by molar-refractivity contribution is 0.378. The molecular formula is C11H21N3O2S. The van der Waals surface area contributed by atoms with E-state index < -0.39 is 10.0 Å². The summed E-state index contributed by atoms with van der Waals surface area (Å²) in [5.41, 5.74) is 6.24. The highest BCUT2D eigenvalue weighted by molar-refractivity contribution is 7.89. The molecule has 0 atom stereocenters. The van der Waals surface area contributed by atoms with E-state index in [0.717, 1.165) is 6.42 Å². The molecule has 0 aliphatic rings. The van der Waals surface area contributed by atoms with E-state index in [9.17, 15) is 8.42 Å². The third-order valence-corrected chi connectivity index (χ3v) is 3.85. The van der Waals surface area contributed by atoms with E-state index in [2.05, 4.69) is 30.5 Å². The van der Waals surface area contributed by atoms with Crippen LogP contribution in [-0.4, -0.2) is 19.9 Å². The van der Waals surface area contributed by atoms with E-state index in [1.165, 1.54) is 6.20 Å². The van der Waals surface area contributed by atoms with Crippen LogP contribution in [0.5, 0.6) is 0 Å². The highest BCUT2D eigenvalue weighted by atomic mass is 32.2. The molecule has 6 heteroatoms. The van der Waals surface area contributed by atoms with Crippen molar-refractivity contribution in [3.63, 3.8) is 0 Å². The molecule has 17 heavy (non-hydrogen) atoms. The number of nitrogens with one attached hydrogen (secondary N) is 2. The Kier molecular flexibility index (Phi) is 4.35. The highest BCUT2D eigenvalue weighted by Crippen LogP contribution is 2.18. The van der Waals surface area contributed by atoms with Crippen molar-refractivity contribution in [2.75, 3.05) is 6.54 Å². The SMILES string of the molecule is CC(C)(C)CCNS(=O)(=O)c1c[nH]c(CN)c1. The minimum absolute atomic E-state index is 0.114. The lowest BCUT2D eigenvalue weighted by atomic mass is 9.93. The molecule has 0 aromatic carbocycles. The molecule has 1 aromatic rings. The maximum absolute atomic E-state index is 11.9. The fraction of sp³-hybridized carbons (Fsp3) is 0.636. The van der Waals surface area contributed by atoms with Crippen LogP contribution in [0.4, 0.5) is 0 Å². The van der Waals surface area contributed by atoms with Crippen LogP contribution in [0.25, 0.3) is 0 Å². The first-order valence-electron chi connectivity index (χ1n) is 5.62. The molecule has 0 aliphatic carbocycles. The van der Waals surface area contributed by atoms with Crippen LogP contribution >= 0.6 is 0 Å². The monoisotopic (exact) mass is 259 g/mol. The Morgan fingerprint density at radius 3 is 2.53 bits per heavy atom. The Morgan fingerprint density at radius 2 is 2.06 bits per heavy atom. The Bertz CT molecular complexity index is 457. The number of sulfonamides is 1. The van der Waals surface area contributed by atoms with Crippen LogP contribution in [0.1, 0.15) is 32.9 Å². The molecule has 0 amide bonds. The van der Waals surface area contributed by atoms with E-state index in [4.69, 9.17) is 5.73 Å². The normalized spacial score (nSPS) is 12.9. The second-order valence-electron chi connectivity index (χ2n) is 5.27. The number of aromatic nitrogens is 1. The van der Waals surface area contributed by atoms with Crippen molar-refractivity contribution < 1.29 is 8.42 Å². The number of hydrogen-bond donors (Lipinski definition) is 3. The van der Waals surface area contributed by atoms with Crippen molar-refractivity contribution in [1.82, 2.24) is 9.71 Å². The number of aromatic amines is 1. The number of hydrogen-bond acceptors (Lipinski definition) is 3. The molecule has 1 rings (SSSR count). The van der Waals surface area contributed by atoms with E-state index in [0.29, 0.717) is 18.8 Å². The summed E-state index contributed by atoms with van der Waals surface area (Å²) in [6, 6.07) is 1.55. The first-order valence-corrected chi connectivity index (χ1v) is 7.10. The van der Waals surface area contributed by atoms with Gasteiger partial charge in [0.2, 0.25) is 10.0 Å². The van der Waals surface area contributed by atoms with Crippen LogP contribution in [0.15, 0.2) is 17.2 Å². The standard InChI is InChI=1S/C11H21N3O2S/c1-11(2,3)4-5-14-17(15,16)10-6-9(7-12)13-8-10/h6,8,13-14H,4-5,7,12H2,1-3H3. The van der Waals surface area contributed by atoms with E-state index in [1.807, 2.05) is 0 Å². The Labute approximate surface area is 103 Å². The average molecular weight is 259 g/mol. The summed E-state index contributed by atoms with van der Waals surface area (Å²) in [6.07, 6.45) is 2.25. The van der Waals surface area contributed by atoms with E-state index in [1.54, 1.807) is 6.07 Å². The Morgan fingerprint density at radius 1 is 1.41 bits per heavy atom. The second kappa shape index (κ2) is 5.20. The van der Waals surface area contributed by atoms with Crippen LogP contribution in [0, 0.1) is 5.41 Å².